The molecule has 0 saturated carbocycles. The van der Waals surface area contributed by atoms with Crippen molar-refractivity contribution in [1.29, 1.82) is 0 Å². The number of carbonyl (C=O) groups is 3. The van der Waals surface area contributed by atoms with Gasteiger partial charge in [0.05, 0.1) is 0 Å². The number of nitrogens with zero attached hydrogens (tertiary/aromatic N) is 2. The molecule has 1 atom stereocenters. The van der Waals surface area contributed by atoms with Crippen LogP contribution in [0.15, 0.2) is 24.3 Å². The lowest BCUT2D eigenvalue weighted by Crippen LogP contribution is -2.56. The molecule has 2 N–H and O–H groups in total. The molecule has 0 bridgehead atoms. The molecule has 0 radical (unpaired) electrons. The van der Waals surface area contributed by atoms with Gasteiger partial charge in [-0.2, -0.15) is 0 Å². The van der Waals surface area contributed by atoms with Crippen LogP contribution in [0.25, 0.3) is 0 Å². The van der Waals surface area contributed by atoms with E-state index >= 15 is 0 Å². The number of amides is 4. The average Bonchev–Trinajstić information content (AvgIpc) is 2.70. The normalized spacial score (nSPS) is 20.8. The quantitative estimate of drug-likeness (QED) is 0.831. The molecule has 0 spiro atoms. The van der Waals surface area contributed by atoms with Crippen LogP contribution in [0.2, 0.25) is 0 Å². The van der Waals surface area contributed by atoms with E-state index in [1.165, 1.54) is 0 Å². The van der Waals surface area contributed by atoms with E-state index in [9.17, 15) is 14.4 Å². The smallest absolute Gasteiger partial charge is 0.318 e. The molecule has 2 heterocycles. The van der Waals surface area contributed by atoms with Gasteiger partial charge < -0.3 is 20.4 Å². The Morgan fingerprint density at radius 2 is 1.75 bits per heavy atom. The van der Waals surface area contributed by atoms with Gasteiger partial charge in [-0.05, 0) is 50.7 Å². The summed E-state index contributed by atoms with van der Waals surface area (Å²) in [6.45, 7) is 3.94. The van der Waals surface area contributed by atoms with Crippen molar-refractivity contribution in [3.05, 3.63) is 29.8 Å². The summed E-state index contributed by atoms with van der Waals surface area (Å²) in [5.41, 5.74) is 2.03. The van der Waals surface area contributed by atoms with Crippen LogP contribution in [0.5, 0.6) is 0 Å². The lowest BCUT2D eigenvalue weighted by molar-refractivity contribution is -0.122. The number of piperidine rings is 2. The summed E-state index contributed by atoms with van der Waals surface area (Å²) < 4.78 is 0. The Balaban J connectivity index is 1.53. The van der Waals surface area contributed by atoms with Crippen LogP contribution in [0.4, 0.5) is 10.5 Å². The molecule has 7 heteroatoms. The first-order valence-corrected chi connectivity index (χ1v) is 10.1. The highest BCUT2D eigenvalue weighted by Gasteiger charge is 2.32. The third-order valence-electron chi connectivity index (χ3n) is 5.74. The summed E-state index contributed by atoms with van der Waals surface area (Å²) in [6, 6.07) is 7.24. The van der Waals surface area contributed by atoms with Gasteiger partial charge in [0.2, 0.25) is 11.8 Å². The molecule has 28 heavy (non-hydrogen) atoms. The molecule has 1 unspecified atom stereocenters. The molecule has 4 amide bonds. The number of hydrogen-bond acceptors (Lipinski definition) is 3. The molecule has 3 rings (SSSR count). The Morgan fingerprint density at radius 1 is 1.07 bits per heavy atom. The first-order chi connectivity index (χ1) is 13.5. The van der Waals surface area contributed by atoms with Crippen molar-refractivity contribution in [3.63, 3.8) is 0 Å². The number of rotatable bonds is 4. The van der Waals surface area contributed by atoms with E-state index in [0.29, 0.717) is 38.4 Å². The number of aryl methyl sites for hydroxylation is 1. The average molecular weight is 386 g/mol. The van der Waals surface area contributed by atoms with Crippen LogP contribution in [0, 0.1) is 12.8 Å². The molecule has 2 fully saturated rings. The van der Waals surface area contributed by atoms with E-state index in [0.717, 1.165) is 30.5 Å². The van der Waals surface area contributed by atoms with E-state index in [1.807, 2.05) is 31.2 Å². The lowest BCUT2D eigenvalue weighted by atomic mass is 9.93. The Labute approximate surface area is 166 Å². The summed E-state index contributed by atoms with van der Waals surface area (Å²) in [6.07, 6.45) is 3.67. The standard InChI is InChI=1S/C21H30N4O3/c1-15-5-7-17(8-6-15)25-11-3-4-18(20(25)27)23-21(28)24-12-9-16(10-13-24)14-19(26)22-2/h5-8,16,18H,3-4,9-14H2,1-2H3,(H,22,26)(H,23,28). The van der Waals surface area contributed by atoms with Crippen molar-refractivity contribution in [3.8, 4) is 0 Å². The minimum absolute atomic E-state index is 0.0436. The predicted octanol–water partition coefficient (Wildman–Crippen LogP) is 2.05. The zero-order valence-electron chi connectivity index (χ0n) is 16.7. The van der Waals surface area contributed by atoms with Crippen LogP contribution in [0.1, 0.15) is 37.7 Å². The predicted molar refractivity (Wildman–Crippen MR) is 108 cm³/mol. The number of benzene rings is 1. The second kappa shape index (κ2) is 9.08. The zero-order valence-corrected chi connectivity index (χ0v) is 16.7. The summed E-state index contributed by atoms with van der Waals surface area (Å²) >= 11 is 0. The van der Waals surface area contributed by atoms with Crippen molar-refractivity contribution < 1.29 is 14.4 Å². The lowest BCUT2D eigenvalue weighted by Gasteiger charge is -2.36. The number of likely N-dealkylation sites (tertiary alicyclic amines) is 1. The molecule has 0 aliphatic carbocycles. The molecule has 2 saturated heterocycles. The first-order valence-electron chi connectivity index (χ1n) is 10.1. The van der Waals surface area contributed by atoms with Gasteiger partial charge in [0.15, 0.2) is 0 Å². The Kier molecular flexibility index (Phi) is 6.54. The fourth-order valence-electron chi connectivity index (χ4n) is 3.94. The molecular weight excluding hydrogens is 356 g/mol. The Morgan fingerprint density at radius 3 is 2.39 bits per heavy atom. The second-order valence-corrected chi connectivity index (χ2v) is 7.78. The van der Waals surface area contributed by atoms with E-state index < -0.39 is 6.04 Å². The topological polar surface area (TPSA) is 81.8 Å². The summed E-state index contributed by atoms with van der Waals surface area (Å²) in [4.78, 5) is 40.6. The van der Waals surface area contributed by atoms with Gasteiger partial charge in [-0.15, -0.1) is 0 Å². The maximum atomic E-state index is 12.9. The van der Waals surface area contributed by atoms with Crippen LogP contribution < -0.4 is 15.5 Å². The summed E-state index contributed by atoms with van der Waals surface area (Å²) in [7, 11) is 1.64. The minimum atomic E-state index is -0.480. The Bertz CT molecular complexity index is 711. The van der Waals surface area contributed by atoms with Gasteiger partial charge >= 0.3 is 6.03 Å². The monoisotopic (exact) mass is 386 g/mol. The van der Waals surface area contributed by atoms with Crippen molar-refractivity contribution in [1.82, 2.24) is 15.5 Å². The first kappa shape index (κ1) is 20.2. The summed E-state index contributed by atoms with van der Waals surface area (Å²) in [5, 5.41) is 5.58. The highest BCUT2D eigenvalue weighted by Crippen LogP contribution is 2.23. The van der Waals surface area contributed by atoms with E-state index in [4.69, 9.17) is 0 Å². The summed E-state index contributed by atoms with van der Waals surface area (Å²) in [5.74, 6) is 0.321. The number of nitrogens with one attached hydrogen (secondary N) is 2. The van der Waals surface area contributed by atoms with Gasteiger partial charge in [-0.25, -0.2) is 4.79 Å². The molecule has 2 aliphatic heterocycles. The van der Waals surface area contributed by atoms with E-state index in [1.54, 1.807) is 16.8 Å². The van der Waals surface area contributed by atoms with Crippen molar-refractivity contribution in [2.24, 2.45) is 5.92 Å². The van der Waals surface area contributed by atoms with Crippen molar-refractivity contribution in [2.75, 3.05) is 31.6 Å². The van der Waals surface area contributed by atoms with Gasteiger partial charge in [-0.3, -0.25) is 9.59 Å². The number of urea groups is 1. The molecule has 7 nitrogen and oxygen atoms in total. The van der Waals surface area contributed by atoms with Crippen LogP contribution >= 0.6 is 0 Å². The number of anilines is 1. The molecule has 152 valence electrons. The highest BCUT2D eigenvalue weighted by molar-refractivity contribution is 5.99. The fourth-order valence-corrected chi connectivity index (χ4v) is 3.94. The maximum absolute atomic E-state index is 12.9. The van der Waals surface area contributed by atoms with Crippen LogP contribution in [-0.4, -0.2) is 55.5 Å². The number of carbonyl (C=O) groups excluding carboxylic acids is 3. The minimum Gasteiger partial charge on any atom is -0.359 e. The van der Waals surface area contributed by atoms with Gasteiger partial charge in [0.1, 0.15) is 6.04 Å². The third-order valence-corrected chi connectivity index (χ3v) is 5.74. The van der Waals surface area contributed by atoms with Gasteiger partial charge in [-0.1, -0.05) is 17.7 Å². The highest BCUT2D eigenvalue weighted by atomic mass is 16.2. The third kappa shape index (κ3) is 4.82. The Hall–Kier alpha value is -2.57. The second-order valence-electron chi connectivity index (χ2n) is 7.78. The molecule has 2 aliphatic rings. The molecular formula is C21H30N4O3. The van der Waals surface area contributed by atoms with Crippen molar-refractivity contribution in [2.45, 2.75) is 45.1 Å². The zero-order chi connectivity index (χ0) is 20.1. The maximum Gasteiger partial charge on any atom is 0.318 e. The molecule has 0 aromatic heterocycles. The van der Waals surface area contributed by atoms with Crippen LogP contribution in [0.3, 0.4) is 0 Å². The number of hydrogen-bond donors (Lipinski definition) is 2. The SMILES string of the molecule is CNC(=O)CC1CCN(C(=O)NC2CCCN(c3ccc(C)cc3)C2=O)CC1. The van der Waals surface area contributed by atoms with E-state index in [2.05, 4.69) is 10.6 Å². The van der Waals surface area contributed by atoms with Gasteiger partial charge in [0, 0.05) is 38.8 Å². The van der Waals surface area contributed by atoms with E-state index in [-0.39, 0.29) is 17.8 Å². The fraction of sp³-hybridized carbons (Fsp3) is 0.571. The van der Waals surface area contributed by atoms with Gasteiger partial charge in [0.25, 0.3) is 0 Å². The largest absolute Gasteiger partial charge is 0.359 e. The van der Waals surface area contributed by atoms with Crippen LogP contribution in [-0.2, 0) is 9.59 Å². The molecule has 1 aromatic carbocycles. The molecule has 1 aromatic rings. The van der Waals surface area contributed by atoms with Crippen molar-refractivity contribution >= 4 is 23.5 Å².